The van der Waals surface area contributed by atoms with Gasteiger partial charge in [-0.3, -0.25) is 0 Å². The van der Waals surface area contributed by atoms with Crippen molar-refractivity contribution in [3.63, 3.8) is 0 Å². The minimum absolute atomic E-state index is 0.517. The first kappa shape index (κ1) is 3.60. The van der Waals surface area contributed by atoms with Crippen molar-refractivity contribution in [1.29, 1.82) is 0 Å². The fraction of sp³-hybridized carbons (Fsp3) is 0. The summed E-state index contributed by atoms with van der Waals surface area (Å²) in [6.07, 6.45) is 4.13. The Morgan fingerprint density at radius 2 is 2.60 bits per heavy atom. The molecule has 0 saturated carbocycles. The normalized spacial score (nSPS) is 14.4. The van der Waals surface area contributed by atoms with E-state index in [4.69, 9.17) is 0 Å². The third-order valence-electron chi connectivity index (χ3n) is 0.586. The van der Waals surface area contributed by atoms with Crippen LogP contribution in [0.2, 0.25) is 0 Å². The molecule has 1 heteroatoms. The molecule has 0 nitrogen and oxygen atoms in total. The summed E-state index contributed by atoms with van der Waals surface area (Å²) < 4.78 is 5.50. The summed E-state index contributed by atoms with van der Waals surface area (Å²) in [7, 11) is 0. The Morgan fingerprint density at radius 3 is 2.80 bits per heavy atom. The molecule has 0 aromatic rings. The van der Waals surface area contributed by atoms with Gasteiger partial charge in [-0.15, -0.1) is 0 Å². The molecular weight excluding hydrogens is 249 g/mol. The summed E-state index contributed by atoms with van der Waals surface area (Å²) in [5, 5.41) is 0. The maximum atomic E-state index is 3.21. The SMILES string of the molecule is [C-]1=CC=[CH][Hg]1. The third-order valence-corrected chi connectivity index (χ3v) is 4.39. The number of allylic oxidation sites excluding steroid dienone is 2. The van der Waals surface area contributed by atoms with Crippen LogP contribution in [0.4, 0.5) is 0 Å². The van der Waals surface area contributed by atoms with Gasteiger partial charge < -0.3 is 0 Å². The molecule has 5 heavy (non-hydrogen) atoms. The number of hydrogen-bond donors (Lipinski definition) is 0. The van der Waals surface area contributed by atoms with Crippen molar-refractivity contribution in [3.05, 3.63) is 19.3 Å². The monoisotopic (exact) mass is 253 g/mol. The van der Waals surface area contributed by atoms with Crippen LogP contribution in [0, 0.1) is 3.58 Å². The van der Waals surface area contributed by atoms with Crippen molar-refractivity contribution >= 4 is 0 Å². The van der Waals surface area contributed by atoms with Gasteiger partial charge in [0.2, 0.25) is 0 Å². The Morgan fingerprint density at radius 1 is 1.60 bits per heavy atom. The molecule has 0 bridgehead atoms. The Labute approximate surface area is 44.0 Å². The summed E-state index contributed by atoms with van der Waals surface area (Å²) in [5.74, 6) is 0. The van der Waals surface area contributed by atoms with Crippen molar-refractivity contribution in [2.24, 2.45) is 0 Å². The van der Waals surface area contributed by atoms with E-state index in [1.54, 1.807) is 0 Å². The molecule has 0 atom stereocenters. The van der Waals surface area contributed by atoms with Crippen molar-refractivity contribution in [3.8, 4) is 0 Å². The third kappa shape index (κ3) is 0.878. The molecule has 0 saturated heterocycles. The Kier molecular flexibility index (Phi) is 1.26. The van der Waals surface area contributed by atoms with Gasteiger partial charge in [-0.1, -0.05) is 0 Å². The van der Waals surface area contributed by atoms with E-state index in [1.807, 2.05) is 6.08 Å². The maximum absolute atomic E-state index is 3.21. The first-order valence-electron chi connectivity index (χ1n) is 1.72. The van der Waals surface area contributed by atoms with Crippen LogP contribution in [-0.2, 0) is 24.6 Å². The predicted octanol–water partition coefficient (Wildman–Crippen LogP) is 0.913. The molecule has 0 spiro atoms. The van der Waals surface area contributed by atoms with Crippen LogP contribution in [0.3, 0.4) is 0 Å². The molecule has 22 valence electrons. The molecule has 0 radical (unpaired) electrons. The van der Waals surface area contributed by atoms with Gasteiger partial charge in [-0.25, -0.2) is 0 Å². The molecular formula is C4H3Hg-. The Balaban J connectivity index is 2.61. The quantitative estimate of drug-likeness (QED) is 0.444. The topological polar surface area (TPSA) is 0 Å². The van der Waals surface area contributed by atoms with Gasteiger partial charge in [0.15, 0.2) is 0 Å². The summed E-state index contributed by atoms with van der Waals surface area (Å²) >= 11 is -0.517. The number of rotatable bonds is 0. The first-order chi connectivity index (χ1) is 2.50. The molecule has 1 rings (SSSR count). The van der Waals surface area contributed by atoms with E-state index < -0.39 is 24.6 Å². The van der Waals surface area contributed by atoms with Crippen LogP contribution in [-0.4, -0.2) is 0 Å². The first-order valence-corrected chi connectivity index (χ1v) is 7.64. The van der Waals surface area contributed by atoms with Crippen LogP contribution < -0.4 is 0 Å². The van der Waals surface area contributed by atoms with Crippen molar-refractivity contribution in [2.45, 2.75) is 0 Å². The van der Waals surface area contributed by atoms with Crippen LogP contribution in [0.15, 0.2) is 15.7 Å². The van der Waals surface area contributed by atoms with E-state index in [1.165, 1.54) is 0 Å². The summed E-state index contributed by atoms with van der Waals surface area (Å²) in [6, 6.07) is 0. The van der Waals surface area contributed by atoms with E-state index in [9.17, 15) is 0 Å². The van der Waals surface area contributed by atoms with E-state index in [2.05, 4.69) is 13.2 Å². The fourth-order valence-electron chi connectivity index (χ4n) is 0.340. The van der Waals surface area contributed by atoms with Crippen LogP contribution in [0.1, 0.15) is 0 Å². The second-order valence-electron chi connectivity index (χ2n) is 1.00. The average molecular weight is 252 g/mol. The summed E-state index contributed by atoms with van der Waals surface area (Å²) in [5.41, 5.74) is 0. The van der Waals surface area contributed by atoms with Crippen molar-refractivity contribution < 1.29 is 24.6 Å². The fourth-order valence-corrected chi connectivity index (χ4v) is 2.99. The van der Waals surface area contributed by atoms with E-state index in [0.717, 1.165) is 0 Å². The van der Waals surface area contributed by atoms with Crippen LogP contribution in [0.25, 0.3) is 0 Å². The van der Waals surface area contributed by atoms with Gasteiger partial charge in [0.1, 0.15) is 0 Å². The van der Waals surface area contributed by atoms with E-state index in [-0.39, 0.29) is 0 Å². The molecule has 0 unspecified atom stereocenters. The van der Waals surface area contributed by atoms with Crippen molar-refractivity contribution in [2.75, 3.05) is 0 Å². The van der Waals surface area contributed by atoms with Gasteiger partial charge >= 0.3 is 43.9 Å². The standard InChI is InChI=1S/C4H3.Hg/c1-3-4-2;/h1,3-4H;/q-1;. The van der Waals surface area contributed by atoms with E-state index in [0.29, 0.717) is 0 Å². The molecule has 0 aliphatic carbocycles. The zero-order chi connectivity index (χ0) is 3.54. The molecule has 0 amide bonds. The summed E-state index contributed by atoms with van der Waals surface area (Å²) in [4.78, 5) is 0. The zero-order valence-corrected chi connectivity index (χ0v) is 8.44. The second kappa shape index (κ2) is 1.76. The van der Waals surface area contributed by atoms with Gasteiger partial charge in [0, 0.05) is 0 Å². The van der Waals surface area contributed by atoms with Gasteiger partial charge in [-0.2, -0.15) is 0 Å². The number of hydrogen-bond acceptors (Lipinski definition) is 0. The molecule has 0 fully saturated rings. The Bertz CT molecular complexity index is 61.7. The zero-order valence-electron chi connectivity index (χ0n) is 2.94. The Hall–Kier alpha value is 0.415. The molecule has 0 N–H and O–H groups in total. The van der Waals surface area contributed by atoms with Crippen LogP contribution in [0.5, 0.6) is 0 Å². The molecule has 1 heterocycles. The minimum atomic E-state index is -0.517. The summed E-state index contributed by atoms with van der Waals surface area (Å²) in [6.45, 7) is 0. The van der Waals surface area contributed by atoms with Gasteiger partial charge in [-0.05, 0) is 0 Å². The molecule has 0 aromatic heterocycles. The average Bonchev–Trinajstić information content (AvgIpc) is 1.76. The van der Waals surface area contributed by atoms with Gasteiger partial charge in [0.25, 0.3) is 0 Å². The van der Waals surface area contributed by atoms with E-state index >= 15 is 0 Å². The van der Waals surface area contributed by atoms with Gasteiger partial charge in [0.05, 0.1) is 0 Å². The molecule has 0 aromatic carbocycles. The predicted molar refractivity (Wildman–Crippen MR) is 17.0 cm³/mol. The second-order valence-corrected chi connectivity index (χ2v) is 6.01. The molecule has 1 aliphatic heterocycles. The van der Waals surface area contributed by atoms with Crippen LogP contribution >= 0.6 is 0 Å². The van der Waals surface area contributed by atoms with Crippen molar-refractivity contribution in [1.82, 2.24) is 0 Å². The molecule has 1 aliphatic rings.